The van der Waals surface area contributed by atoms with Crippen molar-refractivity contribution in [3.05, 3.63) is 0 Å². The molecule has 16 heavy (non-hydrogen) atoms. The van der Waals surface area contributed by atoms with Gasteiger partial charge in [0.25, 0.3) is 0 Å². The third kappa shape index (κ3) is 4.53. The van der Waals surface area contributed by atoms with Gasteiger partial charge in [-0.25, -0.2) is 0 Å². The molecule has 0 spiro atoms. The van der Waals surface area contributed by atoms with E-state index < -0.39 is 0 Å². The quantitative estimate of drug-likeness (QED) is 0.723. The second-order valence-electron chi connectivity index (χ2n) is 5.92. The Morgan fingerprint density at radius 2 is 2.00 bits per heavy atom. The van der Waals surface area contributed by atoms with Crippen LogP contribution >= 0.6 is 0 Å². The van der Waals surface area contributed by atoms with Gasteiger partial charge < -0.3 is 5.32 Å². The number of nitrogens with zero attached hydrogens (tertiary/aromatic N) is 1. The van der Waals surface area contributed by atoms with Crippen LogP contribution in [0, 0.1) is 22.7 Å². The molecule has 1 saturated carbocycles. The Morgan fingerprint density at radius 1 is 1.31 bits per heavy atom. The van der Waals surface area contributed by atoms with E-state index in [1.54, 1.807) is 0 Å². The van der Waals surface area contributed by atoms with E-state index in [1.807, 2.05) is 13.8 Å². The van der Waals surface area contributed by atoms with E-state index in [1.165, 1.54) is 25.7 Å². The highest BCUT2D eigenvalue weighted by Crippen LogP contribution is 2.24. The highest BCUT2D eigenvalue weighted by Gasteiger charge is 2.21. The van der Waals surface area contributed by atoms with Crippen LogP contribution < -0.4 is 5.32 Å². The number of nitrogens with one attached hydrogen (secondary N) is 1. The molecule has 0 radical (unpaired) electrons. The molecule has 0 bridgehead atoms. The minimum atomic E-state index is -0.153. The van der Waals surface area contributed by atoms with Gasteiger partial charge in [0.15, 0.2) is 0 Å². The summed E-state index contributed by atoms with van der Waals surface area (Å²) in [4.78, 5) is 0. The highest BCUT2D eigenvalue weighted by atomic mass is 14.9. The summed E-state index contributed by atoms with van der Waals surface area (Å²) in [5.41, 5.74) is -0.153. The van der Waals surface area contributed by atoms with Gasteiger partial charge >= 0.3 is 0 Å². The monoisotopic (exact) mass is 222 g/mol. The molecule has 0 aromatic carbocycles. The standard InChI is InChI=1S/C14H26N2/c1-12-7-4-5-8-13(12)16-10-6-9-14(2,3)11-15/h12-13,16H,4-10H2,1-3H3. The smallest absolute Gasteiger partial charge is 0.0683 e. The molecule has 2 nitrogen and oxygen atoms in total. The summed E-state index contributed by atoms with van der Waals surface area (Å²) in [7, 11) is 0. The van der Waals surface area contributed by atoms with E-state index in [0.717, 1.165) is 31.3 Å². The maximum atomic E-state index is 8.91. The van der Waals surface area contributed by atoms with E-state index in [-0.39, 0.29) is 5.41 Å². The van der Waals surface area contributed by atoms with Crippen LogP contribution in [0.1, 0.15) is 59.3 Å². The molecule has 0 aliphatic heterocycles. The second kappa shape index (κ2) is 6.25. The van der Waals surface area contributed by atoms with Crippen LogP contribution in [0.4, 0.5) is 0 Å². The topological polar surface area (TPSA) is 35.8 Å². The molecule has 0 aromatic heterocycles. The molecular weight excluding hydrogens is 196 g/mol. The predicted octanol–water partition coefficient (Wildman–Crippen LogP) is 3.48. The van der Waals surface area contributed by atoms with Crippen LogP contribution in [0.3, 0.4) is 0 Å². The van der Waals surface area contributed by atoms with E-state index in [0.29, 0.717) is 0 Å². The maximum Gasteiger partial charge on any atom is 0.0683 e. The lowest BCUT2D eigenvalue weighted by Crippen LogP contribution is -2.37. The molecular formula is C14H26N2. The van der Waals surface area contributed by atoms with Crippen molar-refractivity contribution in [3.8, 4) is 6.07 Å². The fraction of sp³-hybridized carbons (Fsp3) is 0.929. The summed E-state index contributed by atoms with van der Waals surface area (Å²) in [6, 6.07) is 3.08. The Bertz CT molecular complexity index is 240. The van der Waals surface area contributed by atoms with Crippen LogP contribution in [0.2, 0.25) is 0 Å². The van der Waals surface area contributed by atoms with Gasteiger partial charge in [0.2, 0.25) is 0 Å². The number of rotatable bonds is 5. The van der Waals surface area contributed by atoms with Crippen molar-refractivity contribution < 1.29 is 0 Å². The molecule has 0 aromatic rings. The van der Waals surface area contributed by atoms with Crippen molar-refractivity contribution in [2.24, 2.45) is 11.3 Å². The van der Waals surface area contributed by atoms with E-state index >= 15 is 0 Å². The maximum absolute atomic E-state index is 8.91. The minimum absolute atomic E-state index is 0.153. The average molecular weight is 222 g/mol. The first-order chi connectivity index (χ1) is 7.55. The molecule has 2 heteroatoms. The van der Waals surface area contributed by atoms with E-state index in [2.05, 4.69) is 18.3 Å². The summed E-state index contributed by atoms with van der Waals surface area (Å²) >= 11 is 0. The molecule has 1 rings (SSSR count). The summed E-state index contributed by atoms with van der Waals surface area (Å²) in [5.74, 6) is 0.831. The van der Waals surface area contributed by atoms with Crippen LogP contribution in [0.15, 0.2) is 0 Å². The molecule has 1 N–H and O–H groups in total. The molecule has 1 aliphatic rings. The second-order valence-corrected chi connectivity index (χ2v) is 5.92. The van der Waals surface area contributed by atoms with Crippen LogP contribution in [-0.2, 0) is 0 Å². The lowest BCUT2D eigenvalue weighted by Gasteiger charge is -2.30. The molecule has 92 valence electrons. The lowest BCUT2D eigenvalue weighted by atomic mass is 9.85. The lowest BCUT2D eigenvalue weighted by molar-refractivity contribution is 0.276. The third-order valence-corrected chi connectivity index (χ3v) is 3.80. The van der Waals surface area contributed by atoms with E-state index in [4.69, 9.17) is 5.26 Å². The average Bonchev–Trinajstić information content (AvgIpc) is 2.27. The Balaban J connectivity index is 2.13. The van der Waals surface area contributed by atoms with Gasteiger partial charge in [-0.1, -0.05) is 19.8 Å². The number of nitriles is 1. The normalized spacial score (nSPS) is 26.4. The number of hydrogen-bond acceptors (Lipinski definition) is 2. The summed E-state index contributed by atoms with van der Waals surface area (Å²) in [6.07, 6.45) is 7.61. The van der Waals surface area contributed by atoms with Gasteiger partial charge in [0, 0.05) is 6.04 Å². The molecule has 2 atom stereocenters. The van der Waals surface area contributed by atoms with Crippen molar-refractivity contribution in [1.29, 1.82) is 5.26 Å². The van der Waals surface area contributed by atoms with Gasteiger partial charge in [-0.3, -0.25) is 0 Å². The molecule has 0 amide bonds. The molecule has 0 saturated heterocycles. The van der Waals surface area contributed by atoms with Crippen molar-refractivity contribution in [2.45, 2.75) is 65.3 Å². The summed E-state index contributed by atoms with van der Waals surface area (Å²) < 4.78 is 0. The fourth-order valence-electron chi connectivity index (χ4n) is 2.49. The first-order valence-electron chi connectivity index (χ1n) is 6.70. The predicted molar refractivity (Wildman–Crippen MR) is 68.1 cm³/mol. The van der Waals surface area contributed by atoms with Crippen molar-refractivity contribution in [1.82, 2.24) is 5.32 Å². The largest absolute Gasteiger partial charge is 0.314 e. The fourth-order valence-corrected chi connectivity index (χ4v) is 2.49. The first-order valence-corrected chi connectivity index (χ1v) is 6.70. The van der Waals surface area contributed by atoms with Crippen molar-refractivity contribution >= 4 is 0 Å². The van der Waals surface area contributed by atoms with Gasteiger partial charge in [-0.05, 0) is 52.0 Å². The Hall–Kier alpha value is -0.550. The summed E-state index contributed by atoms with van der Waals surface area (Å²) in [5, 5.41) is 12.6. The van der Waals surface area contributed by atoms with Gasteiger partial charge in [-0.2, -0.15) is 5.26 Å². The molecule has 2 unspecified atom stereocenters. The van der Waals surface area contributed by atoms with Gasteiger partial charge in [-0.15, -0.1) is 0 Å². The first kappa shape index (κ1) is 13.5. The highest BCUT2D eigenvalue weighted by molar-refractivity contribution is 4.91. The Kier molecular flexibility index (Phi) is 5.28. The zero-order valence-corrected chi connectivity index (χ0v) is 11.1. The van der Waals surface area contributed by atoms with Crippen molar-refractivity contribution in [3.63, 3.8) is 0 Å². The van der Waals surface area contributed by atoms with E-state index in [9.17, 15) is 0 Å². The molecule has 0 heterocycles. The van der Waals surface area contributed by atoms with Crippen molar-refractivity contribution in [2.75, 3.05) is 6.54 Å². The van der Waals surface area contributed by atoms with Crippen LogP contribution in [-0.4, -0.2) is 12.6 Å². The van der Waals surface area contributed by atoms with Gasteiger partial charge in [0.1, 0.15) is 0 Å². The molecule has 1 fully saturated rings. The zero-order chi connectivity index (χ0) is 12.0. The Morgan fingerprint density at radius 3 is 2.62 bits per heavy atom. The van der Waals surface area contributed by atoms with Crippen LogP contribution in [0.5, 0.6) is 0 Å². The van der Waals surface area contributed by atoms with Crippen LogP contribution in [0.25, 0.3) is 0 Å². The zero-order valence-electron chi connectivity index (χ0n) is 11.1. The Labute approximate surface area is 100 Å². The molecule has 1 aliphatic carbocycles. The minimum Gasteiger partial charge on any atom is -0.314 e. The summed E-state index contributed by atoms with van der Waals surface area (Å²) in [6.45, 7) is 7.47. The third-order valence-electron chi connectivity index (χ3n) is 3.80. The number of hydrogen-bond donors (Lipinski definition) is 1. The van der Waals surface area contributed by atoms with Gasteiger partial charge in [0.05, 0.1) is 11.5 Å². The SMILES string of the molecule is CC1CCCCC1NCCCC(C)(C)C#N.